The van der Waals surface area contributed by atoms with Gasteiger partial charge in [-0.15, -0.1) is 0 Å². The number of aromatic nitrogens is 1. The minimum absolute atomic E-state index is 0.146. The Balaban J connectivity index is 1.72. The molecular weight excluding hydrogens is 321 g/mol. The average Bonchev–Trinajstić information content (AvgIpc) is 2.61. The van der Waals surface area contributed by atoms with E-state index in [1.165, 1.54) is 6.07 Å². The van der Waals surface area contributed by atoms with Gasteiger partial charge in [0.1, 0.15) is 17.6 Å². The number of ether oxygens (including phenoxy) is 1. The van der Waals surface area contributed by atoms with Crippen LogP contribution in [0, 0.1) is 11.3 Å². The summed E-state index contributed by atoms with van der Waals surface area (Å²) < 4.78 is 44.0. The Morgan fingerprint density at radius 3 is 2.38 bits per heavy atom. The lowest BCUT2D eigenvalue weighted by Crippen LogP contribution is -2.49. The molecule has 0 saturated carbocycles. The quantitative estimate of drug-likeness (QED) is 0.827. The van der Waals surface area contributed by atoms with Gasteiger partial charge in [0.15, 0.2) is 0 Å². The Kier molecular flexibility index (Phi) is 4.92. The molecule has 0 atom stereocenters. The number of nitrogens with zero attached hydrogens (tertiary/aromatic N) is 4. The molecule has 3 heterocycles. The Hall–Kier alpha value is -1.85. The maximum absolute atomic E-state index is 12.9. The normalized spacial score (nSPS) is 20.8. The van der Waals surface area contributed by atoms with Gasteiger partial charge in [0.25, 0.3) is 0 Å². The predicted molar refractivity (Wildman–Crippen MR) is 81.6 cm³/mol. The van der Waals surface area contributed by atoms with Gasteiger partial charge in [-0.3, -0.25) is 4.90 Å². The topological polar surface area (TPSA) is 52.4 Å². The van der Waals surface area contributed by atoms with Crippen LogP contribution in [0.1, 0.15) is 24.1 Å². The number of rotatable bonds is 2. The molecule has 2 fully saturated rings. The molecule has 1 aromatic rings. The summed E-state index contributed by atoms with van der Waals surface area (Å²) in [4.78, 5) is 7.90. The zero-order valence-electron chi connectivity index (χ0n) is 13.2. The standard InChI is InChI=1S/C16H19F3N4O/c17-16(18,19)14-2-1-12(11-20)15(21-14)23-5-3-13(4-6-23)22-7-9-24-10-8-22/h1-2,13H,3-10H2. The van der Waals surface area contributed by atoms with E-state index < -0.39 is 11.9 Å². The third kappa shape index (κ3) is 3.62. The first kappa shape index (κ1) is 17.0. The van der Waals surface area contributed by atoms with Crippen LogP contribution in [0.4, 0.5) is 19.0 Å². The van der Waals surface area contributed by atoms with Crippen LogP contribution < -0.4 is 4.90 Å². The molecule has 2 aliphatic rings. The molecule has 0 bridgehead atoms. The van der Waals surface area contributed by atoms with Crippen molar-refractivity contribution in [1.82, 2.24) is 9.88 Å². The highest BCUT2D eigenvalue weighted by atomic mass is 19.4. The smallest absolute Gasteiger partial charge is 0.379 e. The van der Waals surface area contributed by atoms with E-state index >= 15 is 0 Å². The highest BCUT2D eigenvalue weighted by molar-refractivity contribution is 5.54. The Morgan fingerprint density at radius 2 is 1.79 bits per heavy atom. The van der Waals surface area contributed by atoms with Crippen LogP contribution in [0.5, 0.6) is 0 Å². The molecular formula is C16H19F3N4O. The summed E-state index contributed by atoms with van der Waals surface area (Å²) in [7, 11) is 0. The molecule has 0 N–H and O–H groups in total. The number of morpholine rings is 1. The van der Waals surface area contributed by atoms with Crippen molar-refractivity contribution in [1.29, 1.82) is 5.26 Å². The number of hydrogen-bond acceptors (Lipinski definition) is 5. The molecule has 5 nitrogen and oxygen atoms in total. The molecule has 0 aliphatic carbocycles. The number of alkyl halides is 3. The molecule has 24 heavy (non-hydrogen) atoms. The van der Waals surface area contributed by atoms with Gasteiger partial charge >= 0.3 is 6.18 Å². The first-order valence-electron chi connectivity index (χ1n) is 8.04. The van der Waals surface area contributed by atoms with Crippen molar-refractivity contribution in [3.05, 3.63) is 23.4 Å². The van der Waals surface area contributed by atoms with Crippen molar-refractivity contribution in [2.75, 3.05) is 44.3 Å². The maximum atomic E-state index is 12.9. The fourth-order valence-corrected chi connectivity index (χ4v) is 3.32. The average molecular weight is 340 g/mol. The lowest BCUT2D eigenvalue weighted by atomic mass is 10.0. The number of nitriles is 1. The van der Waals surface area contributed by atoms with E-state index in [-0.39, 0.29) is 11.4 Å². The fourth-order valence-electron chi connectivity index (χ4n) is 3.32. The molecule has 2 aliphatic heterocycles. The van der Waals surface area contributed by atoms with Crippen LogP contribution in [-0.2, 0) is 10.9 Å². The van der Waals surface area contributed by atoms with E-state index in [4.69, 9.17) is 4.74 Å². The van der Waals surface area contributed by atoms with E-state index in [0.717, 1.165) is 45.2 Å². The number of pyridine rings is 1. The van der Waals surface area contributed by atoms with E-state index in [9.17, 15) is 18.4 Å². The van der Waals surface area contributed by atoms with Crippen molar-refractivity contribution in [3.8, 4) is 6.07 Å². The van der Waals surface area contributed by atoms with Gasteiger partial charge in [-0.25, -0.2) is 4.98 Å². The minimum Gasteiger partial charge on any atom is -0.379 e. The summed E-state index contributed by atoms with van der Waals surface area (Å²) in [6.07, 6.45) is -2.81. The third-order valence-electron chi connectivity index (χ3n) is 4.61. The molecule has 0 radical (unpaired) electrons. The lowest BCUT2D eigenvalue weighted by molar-refractivity contribution is -0.141. The third-order valence-corrected chi connectivity index (χ3v) is 4.61. The zero-order valence-corrected chi connectivity index (χ0v) is 13.2. The highest BCUT2D eigenvalue weighted by Crippen LogP contribution is 2.31. The summed E-state index contributed by atoms with van der Waals surface area (Å²) in [6, 6.07) is 4.44. The van der Waals surface area contributed by atoms with Crippen molar-refractivity contribution >= 4 is 5.82 Å². The Morgan fingerprint density at radius 1 is 1.12 bits per heavy atom. The van der Waals surface area contributed by atoms with Crippen LogP contribution in [0.2, 0.25) is 0 Å². The molecule has 0 amide bonds. The molecule has 3 rings (SSSR count). The van der Waals surface area contributed by atoms with Gasteiger partial charge in [0.05, 0.1) is 18.8 Å². The van der Waals surface area contributed by atoms with Crippen LogP contribution in [0.25, 0.3) is 0 Å². The number of halogens is 3. The molecule has 130 valence electrons. The van der Waals surface area contributed by atoms with Crippen LogP contribution in [0.3, 0.4) is 0 Å². The van der Waals surface area contributed by atoms with E-state index in [2.05, 4.69) is 9.88 Å². The van der Waals surface area contributed by atoms with E-state index in [1.807, 2.05) is 6.07 Å². The van der Waals surface area contributed by atoms with Gasteiger partial charge in [-0.2, -0.15) is 18.4 Å². The highest BCUT2D eigenvalue weighted by Gasteiger charge is 2.34. The number of piperidine rings is 1. The van der Waals surface area contributed by atoms with Crippen molar-refractivity contribution in [3.63, 3.8) is 0 Å². The first-order chi connectivity index (χ1) is 11.5. The van der Waals surface area contributed by atoms with Gasteiger partial charge < -0.3 is 9.64 Å². The Bertz CT molecular complexity index is 615. The molecule has 0 spiro atoms. The molecule has 8 heteroatoms. The van der Waals surface area contributed by atoms with Gasteiger partial charge in [-0.1, -0.05) is 0 Å². The monoisotopic (exact) mass is 340 g/mol. The number of hydrogen-bond donors (Lipinski definition) is 0. The van der Waals surface area contributed by atoms with Crippen LogP contribution >= 0.6 is 0 Å². The second kappa shape index (κ2) is 6.95. The van der Waals surface area contributed by atoms with Gasteiger partial charge in [0.2, 0.25) is 0 Å². The second-order valence-corrected chi connectivity index (χ2v) is 6.04. The molecule has 2 saturated heterocycles. The number of anilines is 1. The summed E-state index contributed by atoms with van der Waals surface area (Å²) in [5, 5.41) is 9.18. The van der Waals surface area contributed by atoms with Crippen LogP contribution in [-0.4, -0.2) is 55.3 Å². The lowest BCUT2D eigenvalue weighted by Gasteiger charge is -2.40. The predicted octanol–water partition coefficient (Wildman–Crippen LogP) is 2.27. The molecule has 0 unspecified atom stereocenters. The van der Waals surface area contributed by atoms with Crippen LogP contribution in [0.15, 0.2) is 12.1 Å². The molecule has 0 aromatic carbocycles. The van der Waals surface area contributed by atoms with Crippen molar-refractivity contribution < 1.29 is 17.9 Å². The van der Waals surface area contributed by atoms with Crippen molar-refractivity contribution in [2.24, 2.45) is 0 Å². The SMILES string of the molecule is N#Cc1ccc(C(F)(F)F)nc1N1CCC(N2CCOCC2)CC1. The summed E-state index contributed by atoms with van der Waals surface area (Å²) in [5.74, 6) is 0.146. The second-order valence-electron chi connectivity index (χ2n) is 6.04. The first-order valence-corrected chi connectivity index (χ1v) is 8.04. The largest absolute Gasteiger partial charge is 0.433 e. The van der Waals surface area contributed by atoms with Crippen molar-refractivity contribution in [2.45, 2.75) is 25.1 Å². The van der Waals surface area contributed by atoms with E-state index in [0.29, 0.717) is 19.1 Å². The summed E-state index contributed by atoms with van der Waals surface area (Å²) in [5.41, 5.74) is -0.764. The van der Waals surface area contributed by atoms with E-state index in [1.54, 1.807) is 4.90 Å². The minimum atomic E-state index is -4.51. The van der Waals surface area contributed by atoms with Gasteiger partial charge in [-0.05, 0) is 25.0 Å². The molecule has 1 aromatic heterocycles. The Labute approximate surface area is 138 Å². The van der Waals surface area contributed by atoms with Gasteiger partial charge in [0, 0.05) is 32.2 Å². The fraction of sp³-hybridized carbons (Fsp3) is 0.625. The summed E-state index contributed by atoms with van der Waals surface area (Å²) in [6.45, 7) is 4.46. The summed E-state index contributed by atoms with van der Waals surface area (Å²) >= 11 is 0. The zero-order chi connectivity index (χ0) is 17.2. The maximum Gasteiger partial charge on any atom is 0.433 e.